The van der Waals surface area contributed by atoms with Crippen molar-refractivity contribution in [3.63, 3.8) is 0 Å². The van der Waals surface area contributed by atoms with Crippen LogP contribution in [0.4, 0.5) is 4.39 Å². The molecule has 1 saturated heterocycles. The van der Waals surface area contributed by atoms with Crippen molar-refractivity contribution in [3.05, 3.63) is 35.6 Å². The Bertz CT molecular complexity index is 556. The van der Waals surface area contributed by atoms with Crippen molar-refractivity contribution < 1.29 is 9.13 Å². The molecule has 1 aliphatic heterocycles. The van der Waals surface area contributed by atoms with Gasteiger partial charge >= 0.3 is 0 Å². The summed E-state index contributed by atoms with van der Waals surface area (Å²) in [5, 5.41) is 3.36. The van der Waals surface area contributed by atoms with Crippen LogP contribution in [0, 0.1) is 5.82 Å². The molecule has 0 spiro atoms. The van der Waals surface area contributed by atoms with Gasteiger partial charge in [-0.15, -0.1) is 0 Å². The molecule has 1 N–H and O–H groups in total. The molecule has 0 bridgehead atoms. The van der Waals surface area contributed by atoms with Crippen LogP contribution in [-0.2, 0) is 11.3 Å². The molecule has 4 nitrogen and oxygen atoms in total. The fourth-order valence-corrected chi connectivity index (χ4v) is 4.29. The molecule has 1 aromatic carbocycles. The molecule has 0 atom stereocenters. The van der Waals surface area contributed by atoms with E-state index in [-0.39, 0.29) is 10.6 Å². The van der Waals surface area contributed by atoms with Crippen LogP contribution >= 0.6 is 11.8 Å². The van der Waals surface area contributed by atoms with E-state index in [9.17, 15) is 4.39 Å². The van der Waals surface area contributed by atoms with E-state index in [1.165, 1.54) is 6.07 Å². The van der Waals surface area contributed by atoms with Gasteiger partial charge in [0.15, 0.2) is 5.96 Å². The molecule has 0 saturated carbocycles. The molecular formula is C19H30FN3OS. The zero-order chi connectivity index (χ0) is 18.1. The number of rotatable bonds is 7. The maximum absolute atomic E-state index is 13.4. The Balaban J connectivity index is 2.07. The average Bonchev–Trinajstić information content (AvgIpc) is 2.59. The number of nitrogens with one attached hydrogen (secondary N) is 1. The van der Waals surface area contributed by atoms with Gasteiger partial charge in [0, 0.05) is 38.1 Å². The third kappa shape index (κ3) is 6.19. The number of aliphatic imine (C=N–C) groups is 1. The first kappa shape index (κ1) is 20.0. The first-order valence-electron chi connectivity index (χ1n) is 9.04. The second-order valence-corrected chi connectivity index (χ2v) is 8.12. The van der Waals surface area contributed by atoms with Crippen LogP contribution in [0.3, 0.4) is 0 Å². The summed E-state index contributed by atoms with van der Waals surface area (Å²) in [6.45, 7) is 8.12. The minimum Gasteiger partial charge on any atom is -0.381 e. The summed E-state index contributed by atoms with van der Waals surface area (Å²) >= 11 is 1.99. The summed E-state index contributed by atoms with van der Waals surface area (Å²) in [6.07, 6.45) is 2.09. The van der Waals surface area contributed by atoms with Crippen molar-refractivity contribution in [2.75, 3.05) is 39.1 Å². The van der Waals surface area contributed by atoms with Gasteiger partial charge in [-0.1, -0.05) is 19.1 Å². The van der Waals surface area contributed by atoms with Crippen LogP contribution < -0.4 is 5.32 Å². The molecule has 0 unspecified atom stereocenters. The molecular weight excluding hydrogens is 337 g/mol. The summed E-state index contributed by atoms with van der Waals surface area (Å²) in [5.41, 5.74) is 0.941. The highest BCUT2D eigenvalue weighted by Crippen LogP contribution is 2.35. The predicted molar refractivity (Wildman–Crippen MR) is 105 cm³/mol. The smallest absolute Gasteiger partial charge is 0.194 e. The van der Waals surface area contributed by atoms with Gasteiger partial charge in [-0.2, -0.15) is 11.8 Å². The molecule has 0 radical (unpaired) electrons. The van der Waals surface area contributed by atoms with Crippen molar-refractivity contribution >= 4 is 17.7 Å². The molecule has 25 heavy (non-hydrogen) atoms. The monoisotopic (exact) mass is 367 g/mol. The Morgan fingerprint density at radius 1 is 1.36 bits per heavy atom. The Morgan fingerprint density at radius 3 is 2.76 bits per heavy atom. The zero-order valence-electron chi connectivity index (χ0n) is 15.6. The van der Waals surface area contributed by atoms with E-state index < -0.39 is 0 Å². The minimum atomic E-state index is -0.201. The molecule has 0 amide bonds. The highest BCUT2D eigenvalue weighted by Gasteiger charge is 2.32. The van der Waals surface area contributed by atoms with E-state index in [1.54, 1.807) is 12.1 Å². The lowest BCUT2D eigenvalue weighted by atomic mass is 9.99. The number of thioether (sulfide) groups is 1. The van der Waals surface area contributed by atoms with Gasteiger partial charge in [-0.25, -0.2) is 4.39 Å². The van der Waals surface area contributed by atoms with Gasteiger partial charge in [-0.05, 0) is 43.2 Å². The normalized spacial score (nSPS) is 17.4. The molecule has 1 aliphatic rings. The van der Waals surface area contributed by atoms with E-state index in [4.69, 9.17) is 9.73 Å². The number of hydrogen-bond donors (Lipinski definition) is 1. The van der Waals surface area contributed by atoms with E-state index in [1.807, 2.05) is 24.9 Å². The van der Waals surface area contributed by atoms with Gasteiger partial charge in [0.1, 0.15) is 5.82 Å². The van der Waals surface area contributed by atoms with E-state index >= 15 is 0 Å². The summed E-state index contributed by atoms with van der Waals surface area (Å²) in [4.78, 5) is 6.97. The standard InChI is InChI=1S/C19H30FN3OS/c1-4-21-18(23(3)14-16-7-6-8-17(20)13-16)22-15-19(25-5-2)9-11-24-12-10-19/h6-8,13H,4-5,9-12,14-15H2,1-3H3,(H,21,22). The number of benzene rings is 1. The van der Waals surface area contributed by atoms with Crippen molar-refractivity contribution in [1.29, 1.82) is 0 Å². The van der Waals surface area contributed by atoms with Crippen LogP contribution in [0.1, 0.15) is 32.3 Å². The van der Waals surface area contributed by atoms with Gasteiger partial charge in [0.05, 0.1) is 6.54 Å². The third-order valence-corrected chi connectivity index (χ3v) is 5.82. The number of nitrogens with zero attached hydrogens (tertiary/aromatic N) is 2. The number of halogens is 1. The van der Waals surface area contributed by atoms with E-state index in [0.717, 1.165) is 56.4 Å². The van der Waals surface area contributed by atoms with Gasteiger partial charge in [0.2, 0.25) is 0 Å². The lowest BCUT2D eigenvalue weighted by molar-refractivity contribution is 0.0793. The summed E-state index contributed by atoms with van der Waals surface area (Å²) < 4.78 is 19.1. The van der Waals surface area contributed by atoms with Crippen LogP contribution in [0.15, 0.2) is 29.3 Å². The minimum absolute atomic E-state index is 0.174. The molecule has 2 rings (SSSR count). The van der Waals surface area contributed by atoms with E-state index in [2.05, 4.69) is 24.1 Å². The van der Waals surface area contributed by atoms with Crippen LogP contribution in [-0.4, -0.2) is 54.7 Å². The quantitative estimate of drug-likeness (QED) is 0.591. The molecule has 0 aliphatic carbocycles. The zero-order valence-corrected chi connectivity index (χ0v) is 16.4. The first-order valence-corrected chi connectivity index (χ1v) is 10.0. The largest absolute Gasteiger partial charge is 0.381 e. The third-order valence-electron chi connectivity index (χ3n) is 4.38. The lowest BCUT2D eigenvalue weighted by Crippen LogP contribution is -2.41. The second kappa shape index (κ2) is 10.0. The second-order valence-electron chi connectivity index (χ2n) is 6.38. The molecule has 140 valence electrons. The summed E-state index contributed by atoms with van der Waals surface area (Å²) in [6, 6.07) is 6.74. The Hall–Kier alpha value is -1.27. The molecule has 6 heteroatoms. The number of guanidine groups is 1. The number of hydrogen-bond acceptors (Lipinski definition) is 3. The molecule has 1 fully saturated rings. The van der Waals surface area contributed by atoms with Crippen LogP contribution in [0.25, 0.3) is 0 Å². The summed E-state index contributed by atoms with van der Waals surface area (Å²) in [5.74, 6) is 1.76. The summed E-state index contributed by atoms with van der Waals surface area (Å²) in [7, 11) is 2.00. The Labute approximate surface area is 155 Å². The van der Waals surface area contributed by atoms with Crippen molar-refractivity contribution in [3.8, 4) is 0 Å². The van der Waals surface area contributed by atoms with Gasteiger partial charge < -0.3 is 15.0 Å². The van der Waals surface area contributed by atoms with Crippen LogP contribution in [0.5, 0.6) is 0 Å². The SMILES string of the molecule is CCNC(=NCC1(SCC)CCOCC1)N(C)Cc1cccc(F)c1. The van der Waals surface area contributed by atoms with Gasteiger partial charge in [0.25, 0.3) is 0 Å². The lowest BCUT2D eigenvalue weighted by Gasteiger charge is -2.35. The highest BCUT2D eigenvalue weighted by molar-refractivity contribution is 8.00. The molecule has 0 aromatic heterocycles. The average molecular weight is 368 g/mol. The van der Waals surface area contributed by atoms with Crippen molar-refractivity contribution in [2.45, 2.75) is 38.0 Å². The van der Waals surface area contributed by atoms with Crippen LogP contribution in [0.2, 0.25) is 0 Å². The Morgan fingerprint density at radius 2 is 2.12 bits per heavy atom. The molecule has 1 aromatic rings. The number of ether oxygens (including phenoxy) is 1. The van der Waals surface area contributed by atoms with Gasteiger partial charge in [-0.3, -0.25) is 4.99 Å². The highest BCUT2D eigenvalue weighted by atomic mass is 32.2. The topological polar surface area (TPSA) is 36.9 Å². The van der Waals surface area contributed by atoms with E-state index in [0.29, 0.717) is 6.54 Å². The fourth-order valence-electron chi connectivity index (χ4n) is 3.07. The molecule has 1 heterocycles. The maximum atomic E-state index is 13.4. The van der Waals surface area contributed by atoms with Crippen molar-refractivity contribution in [2.24, 2.45) is 4.99 Å². The fraction of sp³-hybridized carbons (Fsp3) is 0.632. The first-order chi connectivity index (χ1) is 12.1. The Kier molecular flexibility index (Phi) is 8.03. The predicted octanol–water partition coefficient (Wildman–Crippen LogP) is 3.53. The van der Waals surface area contributed by atoms with Crippen molar-refractivity contribution in [1.82, 2.24) is 10.2 Å². The maximum Gasteiger partial charge on any atom is 0.194 e.